The van der Waals surface area contributed by atoms with E-state index in [-0.39, 0.29) is 29.8 Å². The van der Waals surface area contributed by atoms with E-state index in [1.807, 2.05) is 35.2 Å². The zero-order valence-electron chi connectivity index (χ0n) is 8.88. The fourth-order valence-electron chi connectivity index (χ4n) is 1.35. The Bertz CT molecular complexity index is 505. The number of hydrogen-bond acceptors (Lipinski definition) is 2. The summed E-state index contributed by atoms with van der Waals surface area (Å²) in [7, 11) is 0. The van der Waals surface area contributed by atoms with Crippen molar-refractivity contribution >= 4 is 21.7 Å². The van der Waals surface area contributed by atoms with Gasteiger partial charge in [0.05, 0.1) is 0 Å². The van der Waals surface area contributed by atoms with Crippen LogP contribution in [0.3, 0.4) is 0 Å². The van der Waals surface area contributed by atoms with E-state index in [4.69, 9.17) is 0 Å². The lowest BCUT2D eigenvalue weighted by atomic mass is 10.2. The van der Waals surface area contributed by atoms with E-state index in [9.17, 15) is 4.79 Å². The summed E-state index contributed by atoms with van der Waals surface area (Å²) >= 11 is 3.25. The van der Waals surface area contributed by atoms with E-state index in [0.717, 1.165) is 0 Å². The molecule has 0 radical (unpaired) electrons. The van der Waals surface area contributed by atoms with Gasteiger partial charge in [0.15, 0.2) is 12.4 Å². The van der Waals surface area contributed by atoms with Gasteiger partial charge in [-0.1, -0.05) is 12.1 Å². The minimum absolute atomic E-state index is 0. The largest absolute Gasteiger partial charge is 1.00 e. The van der Waals surface area contributed by atoms with Crippen LogP contribution in [0.1, 0.15) is 10.5 Å². The van der Waals surface area contributed by atoms with Crippen molar-refractivity contribution in [2.45, 2.75) is 6.54 Å². The zero-order chi connectivity index (χ0) is 11.4. The van der Waals surface area contributed by atoms with Crippen LogP contribution in [0.25, 0.3) is 0 Å². The van der Waals surface area contributed by atoms with Crippen molar-refractivity contribution in [3.8, 4) is 0 Å². The maximum atomic E-state index is 11.9. The third kappa shape index (κ3) is 4.16. The van der Waals surface area contributed by atoms with Gasteiger partial charge in [0.2, 0.25) is 12.3 Å². The van der Waals surface area contributed by atoms with Gasteiger partial charge in [0, 0.05) is 12.1 Å². The molecule has 3 nitrogen and oxygen atoms in total. The Hall–Kier alpha value is -0.820. The van der Waals surface area contributed by atoms with Crippen LogP contribution in [0.4, 0.5) is 0 Å². The second kappa shape index (κ2) is 6.80. The normalized spacial score (nSPS) is 9.47. The average molecular weight is 405 g/mol. The lowest BCUT2D eigenvalue weighted by Crippen LogP contribution is -3.00. The molecule has 2 aromatic heterocycles. The molecule has 5 heteroatoms. The van der Waals surface area contributed by atoms with Crippen molar-refractivity contribution in [2.24, 2.45) is 0 Å². The molecule has 0 aromatic carbocycles. The molecule has 0 bridgehead atoms. The fraction of sp³-hybridized carbons (Fsp3) is 0.0833. The summed E-state index contributed by atoms with van der Waals surface area (Å²) in [6, 6.07) is 11.0. The quantitative estimate of drug-likeness (QED) is 0.285. The predicted octanol–water partition coefficient (Wildman–Crippen LogP) is -0.981. The van der Waals surface area contributed by atoms with Crippen LogP contribution in [0.5, 0.6) is 0 Å². The first-order valence-corrected chi connectivity index (χ1v) is 5.65. The third-order valence-corrected chi connectivity index (χ3v) is 2.55. The van der Waals surface area contributed by atoms with Gasteiger partial charge in [-0.3, -0.25) is 4.79 Å². The van der Waals surface area contributed by atoms with Crippen molar-refractivity contribution < 1.29 is 33.3 Å². The topological polar surface area (TPSA) is 33.8 Å². The van der Waals surface area contributed by atoms with Gasteiger partial charge in [-0.2, -0.15) is 4.57 Å². The highest BCUT2D eigenvalue weighted by Crippen LogP contribution is 2.06. The van der Waals surface area contributed by atoms with E-state index in [1.165, 1.54) is 0 Å². The van der Waals surface area contributed by atoms with Crippen LogP contribution < -0.4 is 28.5 Å². The first-order chi connectivity index (χ1) is 7.75. The lowest BCUT2D eigenvalue weighted by molar-refractivity contribution is -0.683. The highest BCUT2D eigenvalue weighted by atomic mass is 127. The zero-order valence-corrected chi connectivity index (χ0v) is 12.6. The van der Waals surface area contributed by atoms with E-state index in [2.05, 4.69) is 20.9 Å². The van der Waals surface area contributed by atoms with Crippen molar-refractivity contribution in [3.63, 3.8) is 0 Å². The number of carbonyl (C=O) groups is 1. The van der Waals surface area contributed by atoms with Gasteiger partial charge in [-0.25, -0.2) is 4.98 Å². The van der Waals surface area contributed by atoms with Gasteiger partial charge in [-0.15, -0.1) is 0 Å². The molecule has 0 N–H and O–H groups in total. The summed E-state index contributed by atoms with van der Waals surface area (Å²) in [6.07, 6.45) is 3.71. The number of pyridine rings is 2. The van der Waals surface area contributed by atoms with Crippen LogP contribution in [0.15, 0.2) is 53.4 Å². The Morgan fingerprint density at radius 3 is 2.53 bits per heavy atom. The average Bonchev–Trinajstić information content (AvgIpc) is 2.30. The summed E-state index contributed by atoms with van der Waals surface area (Å²) in [5, 5.41) is 0. The second-order valence-electron chi connectivity index (χ2n) is 3.32. The number of ketones is 1. The summed E-state index contributed by atoms with van der Waals surface area (Å²) in [5.41, 5.74) is 0.478. The van der Waals surface area contributed by atoms with Crippen LogP contribution >= 0.6 is 15.9 Å². The maximum Gasteiger partial charge on any atom is 0.245 e. The van der Waals surface area contributed by atoms with Crippen molar-refractivity contribution in [1.82, 2.24) is 4.98 Å². The molecule has 0 aliphatic rings. The SMILES string of the molecule is O=C(C[n+]1ccccc1)c1cccc(Br)n1.[I-]. The standard InChI is InChI=1S/C12H10BrN2O.HI/c13-12-6-4-5-10(14-12)11(16)9-15-7-2-1-3-8-15;/h1-8H,9H2;1H/q+1;/p-1. The Morgan fingerprint density at radius 2 is 1.88 bits per heavy atom. The Labute approximate surface area is 125 Å². The number of rotatable bonds is 3. The molecule has 17 heavy (non-hydrogen) atoms. The molecule has 0 spiro atoms. The molecule has 88 valence electrons. The number of halogens is 2. The van der Waals surface area contributed by atoms with Gasteiger partial charge in [0.25, 0.3) is 0 Å². The molecular weight excluding hydrogens is 395 g/mol. The molecule has 0 amide bonds. The molecule has 2 rings (SSSR count). The van der Waals surface area contributed by atoms with E-state index in [0.29, 0.717) is 16.8 Å². The number of aromatic nitrogens is 2. The first kappa shape index (κ1) is 14.2. The molecule has 0 fully saturated rings. The lowest BCUT2D eigenvalue weighted by Gasteiger charge is -1.97. The smallest absolute Gasteiger partial charge is 0.245 e. The number of carbonyl (C=O) groups excluding carboxylic acids is 1. The Balaban J connectivity index is 0.00000144. The van der Waals surface area contributed by atoms with Crippen molar-refractivity contribution in [1.29, 1.82) is 0 Å². The van der Waals surface area contributed by atoms with Crippen LogP contribution in [0, 0.1) is 0 Å². The van der Waals surface area contributed by atoms with Gasteiger partial charge < -0.3 is 24.0 Å². The van der Waals surface area contributed by atoms with Gasteiger partial charge in [-0.05, 0) is 28.1 Å². The molecule has 0 unspecified atom stereocenters. The summed E-state index contributed by atoms with van der Waals surface area (Å²) < 4.78 is 2.50. The third-order valence-electron chi connectivity index (χ3n) is 2.10. The molecule has 0 saturated heterocycles. The van der Waals surface area contributed by atoms with E-state index < -0.39 is 0 Å². The van der Waals surface area contributed by atoms with Crippen LogP contribution in [-0.4, -0.2) is 10.8 Å². The molecule has 0 atom stereocenters. The highest BCUT2D eigenvalue weighted by molar-refractivity contribution is 9.10. The summed E-state index contributed by atoms with van der Waals surface area (Å²) in [6.45, 7) is 0.310. The molecule has 0 aliphatic carbocycles. The van der Waals surface area contributed by atoms with Crippen LogP contribution in [0.2, 0.25) is 0 Å². The van der Waals surface area contributed by atoms with Crippen molar-refractivity contribution in [3.05, 3.63) is 59.1 Å². The molecule has 0 aliphatic heterocycles. The Morgan fingerprint density at radius 1 is 1.18 bits per heavy atom. The fourth-order valence-corrected chi connectivity index (χ4v) is 1.69. The Kier molecular flexibility index (Phi) is 5.70. The number of nitrogens with zero attached hydrogens (tertiary/aromatic N) is 2. The highest BCUT2D eigenvalue weighted by Gasteiger charge is 2.12. The minimum atomic E-state index is -0.00231. The van der Waals surface area contributed by atoms with E-state index >= 15 is 0 Å². The second-order valence-corrected chi connectivity index (χ2v) is 4.13. The van der Waals surface area contributed by atoms with E-state index in [1.54, 1.807) is 18.2 Å². The molecule has 2 aromatic rings. The summed E-state index contributed by atoms with van der Waals surface area (Å²) in [4.78, 5) is 16.0. The minimum Gasteiger partial charge on any atom is -1.00 e. The summed E-state index contributed by atoms with van der Waals surface area (Å²) in [5.74, 6) is -0.00231. The monoisotopic (exact) mass is 404 g/mol. The maximum absolute atomic E-state index is 11.9. The number of hydrogen-bond donors (Lipinski definition) is 0. The predicted molar refractivity (Wildman–Crippen MR) is 62.9 cm³/mol. The molecule has 0 saturated carbocycles. The van der Waals surface area contributed by atoms with Crippen molar-refractivity contribution in [2.75, 3.05) is 0 Å². The number of Topliss-reactive ketones (excluding diaryl/α,β-unsaturated/α-hetero) is 1. The van der Waals surface area contributed by atoms with Crippen LogP contribution in [-0.2, 0) is 6.54 Å². The first-order valence-electron chi connectivity index (χ1n) is 4.85. The molecule has 2 heterocycles. The van der Waals surface area contributed by atoms with Gasteiger partial charge in [0.1, 0.15) is 10.3 Å². The molecular formula is C12H10BrIN2O. The van der Waals surface area contributed by atoms with Gasteiger partial charge >= 0.3 is 0 Å².